The molecule has 0 radical (unpaired) electrons. The monoisotopic (exact) mass is 310 g/mol. The number of halogens is 3. The van der Waals surface area contributed by atoms with E-state index < -0.39 is 17.6 Å². The fourth-order valence-corrected chi connectivity index (χ4v) is 1.96. The number of nitrogens with zero attached hydrogens (tertiary/aromatic N) is 3. The maximum atomic E-state index is 12.9. The van der Waals surface area contributed by atoms with Gasteiger partial charge in [0.1, 0.15) is 5.82 Å². The largest absolute Gasteiger partial charge is 0.419 e. The summed E-state index contributed by atoms with van der Waals surface area (Å²) in [6.45, 7) is 1.52. The summed E-state index contributed by atoms with van der Waals surface area (Å²) >= 11 is 0. The SMILES string of the molecule is Cc1ncc(C(F)(F)F)c(CCc2cc(C(N)=O)ccn2)n1. The Bertz CT molecular complexity index is 701. The lowest BCUT2D eigenvalue weighted by molar-refractivity contribution is -0.138. The van der Waals surface area contributed by atoms with Crippen molar-refractivity contribution in [1.29, 1.82) is 0 Å². The minimum Gasteiger partial charge on any atom is -0.366 e. The molecule has 2 heterocycles. The molecule has 0 saturated carbocycles. The normalized spacial score (nSPS) is 11.5. The molecule has 2 aromatic heterocycles. The topological polar surface area (TPSA) is 81.8 Å². The number of hydrogen-bond donors (Lipinski definition) is 1. The van der Waals surface area contributed by atoms with E-state index in [1.165, 1.54) is 25.3 Å². The fraction of sp³-hybridized carbons (Fsp3) is 0.286. The molecule has 0 atom stereocenters. The van der Waals surface area contributed by atoms with Crippen LogP contribution in [0.5, 0.6) is 0 Å². The van der Waals surface area contributed by atoms with Crippen molar-refractivity contribution in [3.63, 3.8) is 0 Å². The average Bonchev–Trinajstić information content (AvgIpc) is 2.44. The van der Waals surface area contributed by atoms with Crippen molar-refractivity contribution in [2.75, 3.05) is 0 Å². The van der Waals surface area contributed by atoms with Gasteiger partial charge in [-0.2, -0.15) is 13.2 Å². The van der Waals surface area contributed by atoms with Gasteiger partial charge in [0.2, 0.25) is 5.91 Å². The van der Waals surface area contributed by atoms with Gasteiger partial charge < -0.3 is 5.73 Å². The highest BCUT2D eigenvalue weighted by Gasteiger charge is 2.34. The maximum Gasteiger partial charge on any atom is 0.419 e. The van der Waals surface area contributed by atoms with Crippen molar-refractivity contribution in [2.24, 2.45) is 5.73 Å². The van der Waals surface area contributed by atoms with Crippen molar-refractivity contribution < 1.29 is 18.0 Å². The van der Waals surface area contributed by atoms with E-state index in [2.05, 4.69) is 15.0 Å². The van der Waals surface area contributed by atoms with E-state index in [1.54, 1.807) is 0 Å². The van der Waals surface area contributed by atoms with Crippen LogP contribution in [0.4, 0.5) is 13.2 Å². The van der Waals surface area contributed by atoms with Gasteiger partial charge in [0.05, 0.1) is 11.3 Å². The second-order valence-electron chi connectivity index (χ2n) is 4.68. The van der Waals surface area contributed by atoms with E-state index in [-0.39, 0.29) is 29.9 Å². The summed E-state index contributed by atoms with van der Waals surface area (Å²) < 4.78 is 38.8. The Morgan fingerprint density at radius 1 is 1.27 bits per heavy atom. The van der Waals surface area contributed by atoms with Gasteiger partial charge in [-0.15, -0.1) is 0 Å². The third-order valence-electron chi connectivity index (χ3n) is 3.01. The fourth-order valence-electron chi connectivity index (χ4n) is 1.96. The quantitative estimate of drug-likeness (QED) is 0.937. The predicted octanol–water partition coefficient (Wildman–Crippen LogP) is 2.08. The number of carbonyl (C=O) groups excluding carboxylic acids is 1. The molecular formula is C14H13F3N4O. The molecule has 8 heteroatoms. The summed E-state index contributed by atoms with van der Waals surface area (Å²) in [5.74, 6) is -0.348. The van der Waals surface area contributed by atoms with Crippen LogP contribution in [-0.4, -0.2) is 20.9 Å². The first-order chi connectivity index (χ1) is 10.3. The Morgan fingerprint density at radius 2 is 2.00 bits per heavy atom. The van der Waals surface area contributed by atoms with Gasteiger partial charge in [-0.1, -0.05) is 0 Å². The van der Waals surface area contributed by atoms with Crippen LogP contribution < -0.4 is 5.73 Å². The Labute approximate surface area is 124 Å². The van der Waals surface area contributed by atoms with E-state index >= 15 is 0 Å². The number of carbonyl (C=O) groups is 1. The average molecular weight is 310 g/mol. The summed E-state index contributed by atoms with van der Waals surface area (Å²) in [5.41, 5.74) is 4.94. The zero-order chi connectivity index (χ0) is 16.3. The number of aryl methyl sites for hydroxylation is 3. The standard InChI is InChI=1S/C14H13F3N4O/c1-8-20-7-11(14(15,16)17)12(21-8)3-2-10-6-9(13(18)22)4-5-19-10/h4-7H,2-3H2,1H3,(H2,18,22). The first kappa shape index (κ1) is 15.9. The van der Waals surface area contributed by atoms with Gasteiger partial charge in [0, 0.05) is 23.7 Å². The number of rotatable bonds is 4. The number of primary amides is 1. The Hall–Kier alpha value is -2.51. The van der Waals surface area contributed by atoms with Gasteiger partial charge >= 0.3 is 6.18 Å². The zero-order valence-electron chi connectivity index (χ0n) is 11.7. The second-order valence-corrected chi connectivity index (χ2v) is 4.68. The lowest BCUT2D eigenvalue weighted by atomic mass is 10.1. The molecule has 0 saturated heterocycles. The number of nitrogens with two attached hydrogens (primary N) is 1. The van der Waals surface area contributed by atoms with Gasteiger partial charge in [-0.25, -0.2) is 9.97 Å². The smallest absolute Gasteiger partial charge is 0.366 e. The zero-order valence-corrected chi connectivity index (χ0v) is 11.7. The maximum absolute atomic E-state index is 12.9. The summed E-state index contributed by atoms with van der Waals surface area (Å²) in [7, 11) is 0. The minimum atomic E-state index is -4.51. The summed E-state index contributed by atoms with van der Waals surface area (Å²) in [6.07, 6.45) is -2.09. The Morgan fingerprint density at radius 3 is 2.64 bits per heavy atom. The first-order valence-electron chi connectivity index (χ1n) is 6.42. The van der Waals surface area contributed by atoms with E-state index in [0.717, 1.165) is 6.20 Å². The molecule has 0 fully saturated rings. The van der Waals surface area contributed by atoms with E-state index in [4.69, 9.17) is 5.73 Å². The van der Waals surface area contributed by atoms with Crippen molar-refractivity contribution >= 4 is 5.91 Å². The van der Waals surface area contributed by atoms with Crippen LogP contribution >= 0.6 is 0 Å². The lowest BCUT2D eigenvalue weighted by Crippen LogP contribution is -2.14. The van der Waals surface area contributed by atoms with Crippen molar-refractivity contribution in [1.82, 2.24) is 15.0 Å². The number of pyridine rings is 1. The van der Waals surface area contributed by atoms with Gasteiger partial charge in [0.15, 0.2) is 0 Å². The van der Waals surface area contributed by atoms with Gasteiger partial charge in [0.25, 0.3) is 0 Å². The summed E-state index contributed by atoms with van der Waals surface area (Å²) in [5, 5.41) is 0. The molecule has 1 amide bonds. The third-order valence-corrected chi connectivity index (χ3v) is 3.01. The molecule has 5 nitrogen and oxygen atoms in total. The van der Waals surface area contributed by atoms with Crippen molar-refractivity contribution in [3.8, 4) is 0 Å². The molecule has 0 bridgehead atoms. The highest BCUT2D eigenvalue weighted by Crippen LogP contribution is 2.31. The van der Waals surface area contributed by atoms with E-state index in [9.17, 15) is 18.0 Å². The van der Waals surface area contributed by atoms with Crippen LogP contribution in [0.2, 0.25) is 0 Å². The first-order valence-corrected chi connectivity index (χ1v) is 6.42. The highest BCUT2D eigenvalue weighted by molar-refractivity contribution is 5.92. The molecule has 2 rings (SSSR count). The van der Waals surface area contributed by atoms with Crippen molar-refractivity contribution in [3.05, 3.63) is 52.9 Å². The molecule has 0 aliphatic carbocycles. The summed E-state index contributed by atoms with van der Waals surface area (Å²) in [4.78, 5) is 22.6. The predicted molar refractivity (Wildman–Crippen MR) is 71.9 cm³/mol. The summed E-state index contributed by atoms with van der Waals surface area (Å²) in [6, 6.07) is 2.91. The van der Waals surface area contributed by atoms with E-state index in [0.29, 0.717) is 5.69 Å². The van der Waals surface area contributed by atoms with Crippen molar-refractivity contribution in [2.45, 2.75) is 25.9 Å². The van der Waals surface area contributed by atoms with Crippen LogP contribution in [0.1, 0.15) is 33.1 Å². The number of alkyl halides is 3. The molecule has 2 aromatic rings. The van der Waals surface area contributed by atoms with E-state index in [1.807, 2.05) is 0 Å². The second kappa shape index (κ2) is 6.08. The molecule has 0 aliphatic rings. The van der Waals surface area contributed by atoms with Crippen LogP contribution in [0.25, 0.3) is 0 Å². The molecule has 116 valence electrons. The molecule has 0 aliphatic heterocycles. The van der Waals surface area contributed by atoms with Crippen LogP contribution in [0.15, 0.2) is 24.5 Å². The molecular weight excluding hydrogens is 297 g/mol. The highest BCUT2D eigenvalue weighted by atomic mass is 19.4. The number of hydrogen-bond acceptors (Lipinski definition) is 4. The molecule has 22 heavy (non-hydrogen) atoms. The van der Waals surface area contributed by atoms with Crippen LogP contribution in [0.3, 0.4) is 0 Å². The van der Waals surface area contributed by atoms with Gasteiger partial charge in [-0.05, 0) is 31.9 Å². The lowest BCUT2D eigenvalue weighted by Gasteiger charge is -2.12. The van der Waals surface area contributed by atoms with Crippen LogP contribution in [-0.2, 0) is 19.0 Å². The van der Waals surface area contributed by atoms with Crippen LogP contribution in [0, 0.1) is 6.92 Å². The third kappa shape index (κ3) is 3.78. The van der Waals surface area contributed by atoms with Gasteiger partial charge in [-0.3, -0.25) is 9.78 Å². The minimum absolute atomic E-state index is 0.0351. The molecule has 0 aromatic carbocycles. The number of aromatic nitrogens is 3. The molecule has 0 spiro atoms. The Balaban J connectivity index is 2.23. The molecule has 0 unspecified atom stereocenters. The number of amides is 1. The Kier molecular flexibility index (Phi) is 4.39. The molecule has 2 N–H and O–H groups in total.